The van der Waals surface area contributed by atoms with Gasteiger partial charge in [0.05, 0.1) is 12.2 Å². The molecule has 0 bridgehead atoms. The summed E-state index contributed by atoms with van der Waals surface area (Å²) in [5, 5.41) is 0. The molecule has 0 aromatic carbocycles. The second-order valence-corrected chi connectivity index (χ2v) is 5.69. The van der Waals surface area contributed by atoms with E-state index in [9.17, 15) is 0 Å². The van der Waals surface area contributed by atoms with Gasteiger partial charge in [-0.25, -0.2) is 0 Å². The van der Waals surface area contributed by atoms with Crippen LogP contribution in [0.2, 0.25) is 0 Å². The number of piperidine rings is 1. The standard InChI is InChI=1S/C13H27N3O/c1-15(2)11-5-7-16(8-6-11)10-13-4-3-12(9-14)17-13/h11-13H,3-10,14H2,1-2H3. The average Bonchev–Trinajstić information content (AvgIpc) is 2.77. The molecule has 100 valence electrons. The summed E-state index contributed by atoms with van der Waals surface area (Å²) < 4.78 is 5.91. The molecule has 2 rings (SSSR count). The van der Waals surface area contributed by atoms with Gasteiger partial charge in [0.15, 0.2) is 0 Å². The number of hydrogen-bond donors (Lipinski definition) is 1. The third kappa shape index (κ3) is 3.65. The van der Waals surface area contributed by atoms with Crippen molar-refractivity contribution in [2.75, 3.05) is 40.3 Å². The quantitative estimate of drug-likeness (QED) is 0.779. The van der Waals surface area contributed by atoms with Crippen LogP contribution in [0, 0.1) is 0 Å². The number of ether oxygens (including phenoxy) is 1. The maximum Gasteiger partial charge on any atom is 0.0707 e. The normalized spacial score (nSPS) is 32.5. The van der Waals surface area contributed by atoms with Gasteiger partial charge in [0, 0.05) is 19.1 Å². The summed E-state index contributed by atoms with van der Waals surface area (Å²) in [5.74, 6) is 0. The Morgan fingerprint density at radius 2 is 1.76 bits per heavy atom. The first-order valence-electron chi connectivity index (χ1n) is 6.93. The van der Waals surface area contributed by atoms with Crippen LogP contribution in [0.1, 0.15) is 25.7 Å². The summed E-state index contributed by atoms with van der Waals surface area (Å²) in [4.78, 5) is 4.91. The second kappa shape index (κ2) is 6.14. The molecule has 0 saturated carbocycles. The highest BCUT2D eigenvalue weighted by Crippen LogP contribution is 2.22. The van der Waals surface area contributed by atoms with Gasteiger partial charge in [-0.15, -0.1) is 0 Å². The largest absolute Gasteiger partial charge is 0.372 e. The van der Waals surface area contributed by atoms with Crippen LogP contribution >= 0.6 is 0 Å². The van der Waals surface area contributed by atoms with E-state index in [1.54, 1.807) is 0 Å². The van der Waals surface area contributed by atoms with E-state index < -0.39 is 0 Å². The van der Waals surface area contributed by atoms with Crippen molar-refractivity contribution in [2.45, 2.75) is 43.9 Å². The Labute approximate surface area is 105 Å². The molecule has 0 amide bonds. The topological polar surface area (TPSA) is 41.7 Å². The first-order chi connectivity index (χ1) is 8.19. The molecule has 0 aliphatic carbocycles. The van der Waals surface area contributed by atoms with E-state index >= 15 is 0 Å². The van der Waals surface area contributed by atoms with E-state index in [1.807, 2.05) is 0 Å². The molecule has 2 N–H and O–H groups in total. The van der Waals surface area contributed by atoms with Crippen molar-refractivity contribution < 1.29 is 4.74 Å². The Kier molecular flexibility index (Phi) is 4.79. The highest BCUT2D eigenvalue weighted by atomic mass is 16.5. The van der Waals surface area contributed by atoms with E-state index in [0.717, 1.165) is 19.0 Å². The predicted molar refractivity (Wildman–Crippen MR) is 70.1 cm³/mol. The third-order valence-electron chi connectivity index (χ3n) is 4.21. The fourth-order valence-electron chi connectivity index (χ4n) is 2.99. The van der Waals surface area contributed by atoms with Crippen molar-refractivity contribution in [1.29, 1.82) is 0 Å². The van der Waals surface area contributed by atoms with Crippen LogP contribution in [0.15, 0.2) is 0 Å². The first-order valence-corrected chi connectivity index (χ1v) is 6.93. The minimum Gasteiger partial charge on any atom is -0.372 e. The predicted octanol–water partition coefficient (Wildman–Crippen LogP) is 0.519. The van der Waals surface area contributed by atoms with Crippen molar-refractivity contribution in [1.82, 2.24) is 9.80 Å². The van der Waals surface area contributed by atoms with Gasteiger partial charge in [-0.05, 0) is 52.9 Å². The Morgan fingerprint density at radius 3 is 2.29 bits per heavy atom. The molecule has 2 unspecified atom stereocenters. The molecule has 17 heavy (non-hydrogen) atoms. The lowest BCUT2D eigenvalue weighted by atomic mass is 10.0. The molecule has 2 saturated heterocycles. The highest BCUT2D eigenvalue weighted by Gasteiger charge is 2.28. The van der Waals surface area contributed by atoms with E-state index in [4.69, 9.17) is 10.5 Å². The fourth-order valence-corrected chi connectivity index (χ4v) is 2.99. The zero-order valence-corrected chi connectivity index (χ0v) is 11.3. The Morgan fingerprint density at radius 1 is 1.12 bits per heavy atom. The zero-order valence-electron chi connectivity index (χ0n) is 11.3. The molecule has 2 aliphatic heterocycles. The van der Waals surface area contributed by atoms with Crippen LogP contribution in [0.5, 0.6) is 0 Å². The SMILES string of the molecule is CN(C)C1CCN(CC2CCC(CN)O2)CC1. The molecule has 4 nitrogen and oxygen atoms in total. The van der Waals surface area contributed by atoms with Gasteiger partial charge in [0.25, 0.3) is 0 Å². The molecule has 2 fully saturated rings. The first kappa shape index (κ1) is 13.3. The third-order valence-corrected chi connectivity index (χ3v) is 4.21. The van der Waals surface area contributed by atoms with Gasteiger partial charge in [-0.1, -0.05) is 0 Å². The monoisotopic (exact) mass is 241 g/mol. The number of rotatable bonds is 4. The molecule has 0 aromatic heterocycles. The molecular weight excluding hydrogens is 214 g/mol. The van der Waals surface area contributed by atoms with Crippen LogP contribution in [0.25, 0.3) is 0 Å². The van der Waals surface area contributed by atoms with Crippen LogP contribution < -0.4 is 5.73 Å². The summed E-state index contributed by atoms with van der Waals surface area (Å²) in [6.45, 7) is 4.22. The Balaban J connectivity index is 1.68. The lowest BCUT2D eigenvalue weighted by molar-refractivity contribution is 0.0181. The summed E-state index contributed by atoms with van der Waals surface area (Å²) >= 11 is 0. The van der Waals surface area contributed by atoms with Crippen LogP contribution in [-0.4, -0.2) is 68.3 Å². The lowest BCUT2D eigenvalue weighted by Gasteiger charge is -2.36. The fraction of sp³-hybridized carbons (Fsp3) is 1.00. The summed E-state index contributed by atoms with van der Waals surface area (Å²) in [7, 11) is 4.37. The minimum absolute atomic E-state index is 0.319. The number of hydrogen-bond acceptors (Lipinski definition) is 4. The second-order valence-electron chi connectivity index (χ2n) is 5.69. The van der Waals surface area contributed by atoms with Crippen LogP contribution in [-0.2, 0) is 4.74 Å². The Hall–Kier alpha value is -0.160. The van der Waals surface area contributed by atoms with Crippen LogP contribution in [0.4, 0.5) is 0 Å². The van der Waals surface area contributed by atoms with Crippen molar-refractivity contribution in [3.63, 3.8) is 0 Å². The molecule has 4 heteroatoms. The van der Waals surface area contributed by atoms with Crippen molar-refractivity contribution in [3.8, 4) is 0 Å². The molecule has 2 atom stereocenters. The van der Waals surface area contributed by atoms with Crippen molar-refractivity contribution >= 4 is 0 Å². The summed E-state index contributed by atoms with van der Waals surface area (Å²) in [6.07, 6.45) is 5.67. The van der Waals surface area contributed by atoms with Gasteiger partial charge in [0.1, 0.15) is 0 Å². The molecule has 2 heterocycles. The van der Waals surface area contributed by atoms with E-state index in [-0.39, 0.29) is 0 Å². The van der Waals surface area contributed by atoms with E-state index in [0.29, 0.717) is 18.8 Å². The van der Waals surface area contributed by atoms with Gasteiger partial charge in [-0.3, -0.25) is 0 Å². The maximum absolute atomic E-state index is 5.91. The van der Waals surface area contributed by atoms with Gasteiger partial charge >= 0.3 is 0 Å². The zero-order chi connectivity index (χ0) is 12.3. The van der Waals surface area contributed by atoms with E-state index in [2.05, 4.69) is 23.9 Å². The van der Waals surface area contributed by atoms with Crippen molar-refractivity contribution in [2.24, 2.45) is 5.73 Å². The number of nitrogens with zero attached hydrogens (tertiary/aromatic N) is 2. The highest BCUT2D eigenvalue weighted by molar-refractivity contribution is 4.81. The summed E-state index contributed by atoms with van der Waals surface area (Å²) in [6, 6.07) is 0.771. The molecule has 2 aliphatic rings. The van der Waals surface area contributed by atoms with Crippen molar-refractivity contribution in [3.05, 3.63) is 0 Å². The molecular formula is C13H27N3O. The van der Waals surface area contributed by atoms with E-state index in [1.165, 1.54) is 32.4 Å². The van der Waals surface area contributed by atoms with Gasteiger partial charge in [-0.2, -0.15) is 0 Å². The Bertz CT molecular complexity index is 227. The maximum atomic E-state index is 5.91. The smallest absolute Gasteiger partial charge is 0.0707 e. The average molecular weight is 241 g/mol. The molecule has 0 spiro atoms. The summed E-state index contributed by atoms with van der Waals surface area (Å²) in [5.41, 5.74) is 5.64. The van der Waals surface area contributed by atoms with Gasteiger partial charge < -0.3 is 20.3 Å². The number of likely N-dealkylation sites (tertiary alicyclic amines) is 1. The number of nitrogens with two attached hydrogens (primary N) is 1. The molecule has 0 aromatic rings. The lowest BCUT2D eigenvalue weighted by Crippen LogP contribution is -2.44. The minimum atomic E-state index is 0.319. The molecule has 0 radical (unpaired) electrons. The van der Waals surface area contributed by atoms with Gasteiger partial charge in [0.2, 0.25) is 0 Å². The van der Waals surface area contributed by atoms with Crippen LogP contribution in [0.3, 0.4) is 0 Å².